The van der Waals surface area contributed by atoms with Gasteiger partial charge in [0.15, 0.2) is 0 Å². The molecule has 8 N–H and O–H groups in total. The third kappa shape index (κ3) is 18.5. The van der Waals surface area contributed by atoms with Crippen LogP contribution in [-0.2, 0) is 9.47 Å². The number of carbonyl (C=O) groups is 8. The first-order valence-corrected chi connectivity index (χ1v) is 29.8. The molecule has 0 bridgehead atoms. The van der Waals surface area contributed by atoms with E-state index in [0.29, 0.717) is 38.9 Å². The van der Waals surface area contributed by atoms with Crippen molar-refractivity contribution in [2.24, 2.45) is 11.8 Å². The molecule has 95 heavy (non-hydrogen) atoms. The Morgan fingerprint density at radius 3 is 0.863 bits per heavy atom. The Bertz CT molecular complexity index is 4200. The quantitative estimate of drug-likeness (QED) is 0.0329. The number of hydrogen-bond donors (Lipinski definition) is 8. The molecular formula is C67H68N16O12. The molecule has 0 radical (unpaired) electrons. The molecule has 0 aliphatic rings. The summed E-state index contributed by atoms with van der Waals surface area (Å²) < 4.78 is 23.3. The van der Waals surface area contributed by atoms with Crippen LogP contribution in [0.4, 0.5) is 56.1 Å². The number of nitrogens with zero attached hydrogens (tertiary/aromatic N) is 8. The van der Waals surface area contributed by atoms with Crippen molar-refractivity contribution < 1.29 is 57.3 Å². The van der Waals surface area contributed by atoms with Crippen LogP contribution in [0, 0.1) is 18.8 Å². The van der Waals surface area contributed by atoms with E-state index in [0.717, 1.165) is 0 Å². The van der Waals surface area contributed by atoms with Gasteiger partial charge in [-0.25, -0.2) is 49.5 Å². The number of anilines is 8. The van der Waals surface area contributed by atoms with Gasteiger partial charge in [-0.05, 0) is 139 Å². The minimum absolute atomic E-state index is 0.0326. The number of benzene rings is 1. The average molecular weight is 1290 g/mol. The van der Waals surface area contributed by atoms with Crippen LogP contribution in [0.15, 0.2) is 127 Å². The van der Waals surface area contributed by atoms with Gasteiger partial charge in [-0.1, -0.05) is 64.1 Å². The molecule has 28 nitrogen and oxygen atoms in total. The zero-order chi connectivity index (χ0) is 68.3. The van der Waals surface area contributed by atoms with Gasteiger partial charge in [0.2, 0.25) is 0 Å². The van der Waals surface area contributed by atoms with Crippen LogP contribution < -0.4 is 52.0 Å². The summed E-state index contributed by atoms with van der Waals surface area (Å²) in [5.41, 5.74) is -1.02. The van der Waals surface area contributed by atoms with Crippen molar-refractivity contribution in [1.29, 1.82) is 0 Å². The van der Waals surface area contributed by atoms with E-state index in [-0.39, 0.29) is 106 Å². The van der Waals surface area contributed by atoms with Crippen LogP contribution in [0.2, 0.25) is 0 Å². The highest BCUT2D eigenvalue weighted by atomic mass is 16.6. The first-order chi connectivity index (χ1) is 45.1. The summed E-state index contributed by atoms with van der Waals surface area (Å²) in [5, 5.41) is 22.1. The van der Waals surface area contributed by atoms with Crippen LogP contribution in [0.3, 0.4) is 0 Å². The van der Waals surface area contributed by atoms with Gasteiger partial charge in [-0.3, -0.25) is 39.4 Å². The monoisotopic (exact) mass is 1290 g/mol. The predicted molar refractivity (Wildman–Crippen MR) is 355 cm³/mol. The number of aryl methyl sites for hydroxylation is 1. The lowest BCUT2D eigenvalue weighted by molar-refractivity contribution is 0.0624. The van der Waals surface area contributed by atoms with Gasteiger partial charge in [-0.2, -0.15) is 0 Å². The first kappa shape index (κ1) is 67.3. The van der Waals surface area contributed by atoms with Crippen molar-refractivity contribution in [3.05, 3.63) is 167 Å². The highest BCUT2D eigenvalue weighted by Gasteiger charge is 2.25. The van der Waals surface area contributed by atoms with E-state index in [1.807, 2.05) is 27.7 Å². The largest absolute Gasteiger partial charge is 0.493 e. The van der Waals surface area contributed by atoms with Gasteiger partial charge in [-0.15, -0.1) is 0 Å². The predicted octanol–water partition coefficient (Wildman–Crippen LogP) is 11.7. The summed E-state index contributed by atoms with van der Waals surface area (Å²) in [4.78, 5) is 142. The molecule has 0 unspecified atom stereocenters. The molecule has 8 heterocycles. The fourth-order valence-electron chi connectivity index (χ4n) is 8.72. The van der Waals surface area contributed by atoms with E-state index in [2.05, 4.69) is 72.4 Å². The number of rotatable bonds is 20. The SMILES string of the molecule is Cc1c2nc(C(=O)Nc3cccc(NC(=O)c4cccc(C(=O)Nc5cccc(NC(=O)OC(C)(C)C)n5)n4)n3)cc(OCC(C)C)c2cc2c(OCC(C)C)cc(C(=O)Nc3cccc(NC(=O)c4cccc(C(=O)Nc5cccc(NC(=O)OC(C)(C)C)n5)n4)n3)nc12. The maximum Gasteiger partial charge on any atom is 0.413 e. The maximum absolute atomic E-state index is 14.3. The third-order valence-corrected chi connectivity index (χ3v) is 12.8. The molecular weight excluding hydrogens is 1220 g/mol. The molecule has 0 fully saturated rings. The number of carbonyl (C=O) groups excluding carboxylic acids is 8. The van der Waals surface area contributed by atoms with Crippen molar-refractivity contribution in [1.82, 2.24) is 39.9 Å². The van der Waals surface area contributed by atoms with E-state index < -0.39 is 58.8 Å². The zero-order valence-electron chi connectivity index (χ0n) is 53.7. The Morgan fingerprint density at radius 2 is 0.600 bits per heavy atom. The van der Waals surface area contributed by atoms with Crippen LogP contribution >= 0.6 is 0 Å². The summed E-state index contributed by atoms with van der Waals surface area (Å²) in [5.74, 6) is -2.82. The number of pyridine rings is 8. The topological polar surface area (TPSA) is 373 Å². The lowest BCUT2D eigenvalue weighted by Gasteiger charge is -2.19. The summed E-state index contributed by atoms with van der Waals surface area (Å²) in [7, 11) is 0. The molecule has 488 valence electrons. The van der Waals surface area contributed by atoms with Crippen molar-refractivity contribution in [2.75, 3.05) is 55.7 Å². The molecule has 8 amide bonds. The van der Waals surface area contributed by atoms with E-state index in [1.54, 1.807) is 78.8 Å². The number of fused-ring (bicyclic) bond motifs is 2. The minimum atomic E-state index is -0.746. The molecule has 1 aromatic carbocycles. The fourth-order valence-corrected chi connectivity index (χ4v) is 8.72. The summed E-state index contributed by atoms with van der Waals surface area (Å²) in [6.07, 6.45) is -1.46. The number of ether oxygens (including phenoxy) is 4. The van der Waals surface area contributed by atoms with Crippen molar-refractivity contribution in [2.45, 2.75) is 87.4 Å². The van der Waals surface area contributed by atoms with Gasteiger partial charge in [0.1, 0.15) is 103 Å². The molecule has 0 saturated heterocycles. The minimum Gasteiger partial charge on any atom is -0.493 e. The van der Waals surface area contributed by atoms with E-state index in [9.17, 15) is 38.4 Å². The number of hydrogen-bond acceptors (Lipinski definition) is 20. The highest BCUT2D eigenvalue weighted by molar-refractivity contribution is 6.11. The van der Waals surface area contributed by atoms with Crippen LogP contribution in [0.1, 0.15) is 138 Å². The molecule has 9 rings (SSSR count). The second-order valence-corrected chi connectivity index (χ2v) is 24.1. The summed E-state index contributed by atoms with van der Waals surface area (Å²) in [6.45, 7) is 20.5. The van der Waals surface area contributed by atoms with Crippen LogP contribution in [-0.4, -0.2) is 112 Å². The number of aromatic nitrogens is 8. The average Bonchev–Trinajstić information content (AvgIpc) is 0.747. The Morgan fingerprint density at radius 1 is 0.347 bits per heavy atom. The molecule has 9 aromatic rings. The molecule has 0 saturated carbocycles. The summed E-state index contributed by atoms with van der Waals surface area (Å²) in [6, 6.07) is 31.6. The fraction of sp³-hybridized carbons (Fsp3) is 0.254. The highest BCUT2D eigenvalue weighted by Crippen LogP contribution is 2.38. The van der Waals surface area contributed by atoms with Crippen molar-refractivity contribution in [3.8, 4) is 11.5 Å². The Balaban J connectivity index is 0.901. The maximum atomic E-state index is 14.3. The lowest BCUT2D eigenvalue weighted by Crippen LogP contribution is -2.27. The molecule has 8 aromatic heterocycles. The summed E-state index contributed by atoms with van der Waals surface area (Å²) >= 11 is 0. The van der Waals surface area contributed by atoms with Crippen LogP contribution in [0.25, 0.3) is 21.8 Å². The lowest BCUT2D eigenvalue weighted by atomic mass is 10.0. The second kappa shape index (κ2) is 29.0. The van der Waals surface area contributed by atoms with Crippen LogP contribution in [0.5, 0.6) is 11.5 Å². The number of amides is 8. The van der Waals surface area contributed by atoms with E-state index in [1.165, 1.54) is 97.1 Å². The Kier molecular flexibility index (Phi) is 20.6. The Labute approximate surface area is 544 Å². The molecule has 0 spiro atoms. The van der Waals surface area contributed by atoms with Crippen molar-refractivity contribution >= 4 is 116 Å². The molecule has 0 aliphatic carbocycles. The zero-order valence-corrected chi connectivity index (χ0v) is 53.7. The van der Waals surface area contributed by atoms with Gasteiger partial charge in [0.05, 0.1) is 24.2 Å². The van der Waals surface area contributed by atoms with Gasteiger partial charge >= 0.3 is 12.2 Å². The second-order valence-electron chi connectivity index (χ2n) is 24.1. The van der Waals surface area contributed by atoms with E-state index in [4.69, 9.17) is 28.9 Å². The van der Waals surface area contributed by atoms with Crippen molar-refractivity contribution in [3.63, 3.8) is 0 Å². The molecule has 28 heteroatoms. The van der Waals surface area contributed by atoms with Gasteiger partial charge in [0, 0.05) is 28.5 Å². The number of nitrogens with one attached hydrogen (secondary N) is 8. The van der Waals surface area contributed by atoms with E-state index >= 15 is 0 Å². The van der Waals surface area contributed by atoms with Gasteiger partial charge < -0.3 is 50.8 Å². The molecule has 0 aliphatic heterocycles. The van der Waals surface area contributed by atoms with Gasteiger partial charge in [0.25, 0.3) is 35.4 Å². The normalized spacial score (nSPS) is 11.3. The standard InChI is InChI=1S/C67H68N16O12/c1-35(2)33-92-46-31-44(62(88)80-50-24-14-22-48(72-50)76-58(84)40-18-12-20-42(68-40)60(86)78-52-26-16-28-54(74-52)82-64(90)94-66(6,7)8)70-56-37(5)57-39(30-38(46)56)47(93-34-36(3)4)32-45(71-57)63(89)81-51-25-15-23-49(73-51)77-59(85)41-19-13-21-43(69-41)61(87)79-53-27-17-29-55(75-53)83-65(91)95-67(9,10)11/h12-32,35-36H,33-34H2,1-11H3,(H2,72,76,80,84,88)(H2,73,77,81,85,89)(H2,74,78,82,86,90)(H2,75,79,83,87,91). The first-order valence-electron chi connectivity index (χ1n) is 29.8. The Hall–Kier alpha value is -12.1. The smallest absolute Gasteiger partial charge is 0.413 e. The molecule has 0 atom stereocenters. The third-order valence-electron chi connectivity index (χ3n) is 12.8.